The molecule has 0 spiro atoms. The molecule has 1 saturated heterocycles. The molecule has 1 unspecified atom stereocenters. The molecule has 48 heavy (non-hydrogen) atoms. The van der Waals surface area contributed by atoms with Crippen LogP contribution in [0.1, 0.15) is 25.2 Å². The maximum atomic E-state index is 13.2. The number of carboxylic acids is 1. The Kier molecular flexibility index (Phi) is 11.3. The molecule has 1 aliphatic rings. The molecule has 2 atom stereocenters. The summed E-state index contributed by atoms with van der Waals surface area (Å²) < 4.78 is 43.1. The summed E-state index contributed by atoms with van der Waals surface area (Å²) in [5, 5.41) is 20.9. The fourth-order valence-corrected chi connectivity index (χ4v) is 5.51. The average molecular weight is 708 g/mol. The summed E-state index contributed by atoms with van der Waals surface area (Å²) in [6.45, 7) is 4.16. The van der Waals surface area contributed by atoms with E-state index in [1.807, 2.05) is 42.1 Å². The average Bonchev–Trinajstić information content (AvgIpc) is 3.46. The molecule has 3 heterocycles. The van der Waals surface area contributed by atoms with Crippen LogP contribution in [-0.4, -0.2) is 89.0 Å². The zero-order chi connectivity index (χ0) is 35.2. The van der Waals surface area contributed by atoms with Crippen molar-refractivity contribution in [1.82, 2.24) is 20.7 Å². The van der Waals surface area contributed by atoms with E-state index < -0.39 is 58.2 Å². The number of ether oxygens (including phenoxy) is 1. The number of hydrogen-bond acceptors (Lipinski definition) is 14. The number of oxime groups is 1. The molecular weight excluding hydrogens is 672 g/mol. The van der Waals surface area contributed by atoms with Gasteiger partial charge in [-0.3, -0.25) is 14.1 Å². The van der Waals surface area contributed by atoms with Crippen LogP contribution in [0.5, 0.6) is 5.75 Å². The predicted octanol–water partition coefficient (Wildman–Crippen LogP) is -0.642. The van der Waals surface area contributed by atoms with E-state index in [0.717, 1.165) is 28.2 Å². The summed E-state index contributed by atoms with van der Waals surface area (Å²) in [6, 6.07) is 9.61. The molecule has 1 aromatic carbocycles. The number of thiazole rings is 1. The molecule has 0 saturated carbocycles. The SMILES string of the molecule is C[n+]1cc(-c2ccc(OC[C@H](O/N=C(\C(=O)NC3C(=O)N(OS(=O)(=O)O)C3(C)C)c3csc(N)n3)C(=O)O)cc2)ccc1CNCCN. The van der Waals surface area contributed by atoms with Gasteiger partial charge in [0.15, 0.2) is 22.7 Å². The molecule has 18 nitrogen and oxygen atoms in total. The lowest BCUT2D eigenvalue weighted by Crippen LogP contribution is -2.76. The molecule has 20 heteroatoms. The number of aryl methyl sites for hydroxylation is 1. The van der Waals surface area contributed by atoms with E-state index in [1.54, 1.807) is 12.1 Å². The number of nitrogens with zero attached hydrogens (tertiary/aromatic N) is 4. The molecule has 8 N–H and O–H groups in total. The lowest BCUT2D eigenvalue weighted by atomic mass is 9.84. The summed E-state index contributed by atoms with van der Waals surface area (Å²) in [5.41, 5.74) is 12.1. The lowest BCUT2D eigenvalue weighted by molar-refractivity contribution is -0.678. The molecule has 4 rings (SSSR count). The number of carboxylic acid groups (broad SMARTS) is 1. The second-order valence-electron chi connectivity index (χ2n) is 11.0. The van der Waals surface area contributed by atoms with Crippen LogP contribution in [0.25, 0.3) is 11.1 Å². The Balaban J connectivity index is 1.43. The van der Waals surface area contributed by atoms with Gasteiger partial charge in [0.2, 0.25) is 0 Å². The third kappa shape index (κ3) is 8.79. The first-order valence-corrected chi connectivity index (χ1v) is 16.5. The zero-order valence-corrected chi connectivity index (χ0v) is 27.7. The molecule has 258 valence electrons. The Morgan fingerprint density at radius 3 is 2.46 bits per heavy atom. The predicted molar refractivity (Wildman–Crippen MR) is 170 cm³/mol. The van der Waals surface area contributed by atoms with Crippen molar-refractivity contribution in [1.29, 1.82) is 0 Å². The van der Waals surface area contributed by atoms with Gasteiger partial charge in [0.25, 0.3) is 17.9 Å². The van der Waals surface area contributed by atoms with Gasteiger partial charge in [0, 0.05) is 30.1 Å². The van der Waals surface area contributed by atoms with Crippen molar-refractivity contribution in [2.45, 2.75) is 38.1 Å². The minimum Gasteiger partial charge on any atom is -0.489 e. The number of benzene rings is 1. The van der Waals surface area contributed by atoms with Crippen LogP contribution in [0.15, 0.2) is 53.1 Å². The van der Waals surface area contributed by atoms with Gasteiger partial charge in [-0.25, -0.2) is 14.3 Å². The standard InChI is InChI=1S/C28H34N8O10S2/c1-28(2)23(25(38)36(28)46-48(41,42)43)33-24(37)22(20-15-47-27(30)32-20)34-45-21(26(39)40)14-44-19-8-5-16(6-9-19)17-4-7-18(35(3)13-17)12-31-11-10-29/h4-9,13,15,21,23,31H,10-12,14,29H2,1-3H3,(H4-,30,32,33,37,39,40,41,42,43)/p+1/b34-22-/t21-,23?/m0/s1. The van der Waals surface area contributed by atoms with Crippen LogP contribution in [0, 0.1) is 0 Å². The highest BCUT2D eigenvalue weighted by atomic mass is 32.3. The van der Waals surface area contributed by atoms with Crippen molar-refractivity contribution in [2.75, 3.05) is 25.4 Å². The molecular formula is C28H35N8O10S2+. The lowest BCUT2D eigenvalue weighted by Gasteiger charge is -2.50. The second kappa shape index (κ2) is 15.0. The third-order valence-electron chi connectivity index (χ3n) is 7.10. The number of nitrogens with one attached hydrogen (secondary N) is 2. The van der Waals surface area contributed by atoms with Gasteiger partial charge in [-0.05, 0) is 37.6 Å². The fraction of sp³-hybridized carbons (Fsp3) is 0.357. The maximum absolute atomic E-state index is 13.2. The highest BCUT2D eigenvalue weighted by Gasteiger charge is 2.58. The number of hydroxylamine groups is 2. The van der Waals surface area contributed by atoms with E-state index in [9.17, 15) is 27.9 Å². The number of pyridine rings is 1. The van der Waals surface area contributed by atoms with Crippen molar-refractivity contribution in [3.8, 4) is 16.9 Å². The van der Waals surface area contributed by atoms with Gasteiger partial charge in [0.1, 0.15) is 31.1 Å². The highest BCUT2D eigenvalue weighted by molar-refractivity contribution is 7.80. The Bertz CT molecular complexity index is 1800. The Hall–Kier alpha value is -4.73. The van der Waals surface area contributed by atoms with Crippen LogP contribution >= 0.6 is 11.3 Å². The molecule has 0 aliphatic carbocycles. The van der Waals surface area contributed by atoms with Crippen LogP contribution in [-0.2, 0) is 47.5 Å². The van der Waals surface area contributed by atoms with Gasteiger partial charge < -0.3 is 36.8 Å². The monoisotopic (exact) mass is 707 g/mol. The zero-order valence-electron chi connectivity index (χ0n) is 26.0. The molecule has 1 fully saturated rings. The Labute approximate surface area is 279 Å². The molecule has 1 aliphatic heterocycles. The number of nitrogens with two attached hydrogens (primary N) is 2. The summed E-state index contributed by atoms with van der Waals surface area (Å²) in [4.78, 5) is 46.9. The molecule has 3 aromatic rings. The Morgan fingerprint density at radius 1 is 1.21 bits per heavy atom. The minimum absolute atomic E-state index is 0.0593. The number of anilines is 1. The molecule has 0 bridgehead atoms. The first-order chi connectivity index (χ1) is 22.6. The summed E-state index contributed by atoms with van der Waals surface area (Å²) in [5.74, 6) is -3.12. The smallest absolute Gasteiger partial charge is 0.418 e. The van der Waals surface area contributed by atoms with Gasteiger partial charge in [0.05, 0.1) is 12.1 Å². The molecule has 2 amide bonds. The first-order valence-electron chi connectivity index (χ1n) is 14.2. The Morgan fingerprint density at radius 2 is 1.90 bits per heavy atom. The number of nitrogen functional groups attached to an aromatic ring is 1. The highest BCUT2D eigenvalue weighted by Crippen LogP contribution is 2.33. The number of hydrogen-bond donors (Lipinski definition) is 6. The quantitative estimate of drug-likeness (QED) is 0.0270. The number of aromatic nitrogens is 2. The van der Waals surface area contributed by atoms with E-state index in [4.69, 9.17) is 25.6 Å². The minimum atomic E-state index is -5.02. The first kappa shape index (κ1) is 36.1. The van der Waals surface area contributed by atoms with Crippen molar-refractivity contribution in [3.05, 3.63) is 59.4 Å². The number of amides is 2. The molecule has 0 radical (unpaired) electrons. The third-order valence-corrected chi connectivity index (χ3v) is 8.12. The van der Waals surface area contributed by atoms with Crippen LogP contribution in [0.3, 0.4) is 0 Å². The topological polar surface area (TPSA) is 262 Å². The van der Waals surface area contributed by atoms with Crippen LogP contribution in [0.2, 0.25) is 0 Å². The second-order valence-corrected chi connectivity index (χ2v) is 12.9. The van der Waals surface area contributed by atoms with E-state index in [2.05, 4.69) is 25.1 Å². The van der Waals surface area contributed by atoms with Crippen LogP contribution < -0.4 is 31.4 Å². The van der Waals surface area contributed by atoms with Crippen molar-refractivity contribution in [3.63, 3.8) is 0 Å². The largest absolute Gasteiger partial charge is 0.489 e. The van der Waals surface area contributed by atoms with Gasteiger partial charge in [-0.1, -0.05) is 17.3 Å². The van der Waals surface area contributed by atoms with E-state index in [-0.39, 0.29) is 10.8 Å². The number of rotatable bonds is 16. The summed E-state index contributed by atoms with van der Waals surface area (Å²) in [6.07, 6.45) is 0.305. The number of aliphatic carboxylic acids is 1. The maximum Gasteiger partial charge on any atom is 0.418 e. The van der Waals surface area contributed by atoms with E-state index >= 15 is 0 Å². The number of β-lactam (4-membered cyclic amide) rings is 1. The molecule has 2 aromatic heterocycles. The number of carbonyl (C=O) groups excluding carboxylic acids is 2. The van der Waals surface area contributed by atoms with Crippen molar-refractivity contribution in [2.24, 2.45) is 17.9 Å². The van der Waals surface area contributed by atoms with E-state index in [1.165, 1.54) is 19.2 Å². The number of carbonyl (C=O) groups is 3. The van der Waals surface area contributed by atoms with Gasteiger partial charge in [-0.15, -0.1) is 15.6 Å². The summed E-state index contributed by atoms with van der Waals surface area (Å²) in [7, 11) is -3.08. The fourth-order valence-electron chi connectivity index (χ4n) is 4.51. The summed E-state index contributed by atoms with van der Waals surface area (Å²) >= 11 is 0.960. The van der Waals surface area contributed by atoms with Crippen molar-refractivity contribution < 1.29 is 50.9 Å². The van der Waals surface area contributed by atoms with Crippen molar-refractivity contribution >= 4 is 50.4 Å². The normalized spacial score (nSPS) is 16.6. The van der Waals surface area contributed by atoms with Gasteiger partial charge >= 0.3 is 16.4 Å². The van der Waals surface area contributed by atoms with E-state index in [0.29, 0.717) is 30.4 Å². The van der Waals surface area contributed by atoms with Gasteiger partial charge in [-0.2, -0.15) is 13.5 Å². The van der Waals surface area contributed by atoms with Crippen LogP contribution in [0.4, 0.5) is 5.13 Å².